The van der Waals surface area contributed by atoms with Crippen molar-refractivity contribution >= 4 is 19.7 Å². The first-order chi connectivity index (χ1) is 11.3. The van der Waals surface area contributed by atoms with E-state index in [0.717, 1.165) is 38.5 Å². The van der Waals surface area contributed by atoms with E-state index in [0.29, 0.717) is 12.8 Å². The molecule has 24 heavy (non-hydrogen) atoms. The fourth-order valence-electron chi connectivity index (χ4n) is 2.46. The normalized spacial score (nSPS) is 12.4. The van der Waals surface area contributed by atoms with Crippen LogP contribution in [-0.4, -0.2) is 28.3 Å². The third-order valence-corrected chi connectivity index (χ3v) is 7.55. The molecule has 0 atom stereocenters. The van der Waals surface area contributed by atoms with Gasteiger partial charge < -0.3 is 0 Å². The maximum Gasteiger partial charge on any atom is 0.178 e. The fourth-order valence-corrected chi connectivity index (χ4v) is 5.28. The van der Waals surface area contributed by atoms with Gasteiger partial charge in [0.2, 0.25) is 0 Å². The Kier molecular flexibility index (Phi) is 8.98. The first-order valence-electron chi connectivity index (χ1n) is 8.80. The van der Waals surface area contributed by atoms with Gasteiger partial charge in [0.1, 0.15) is 0 Å². The van der Waals surface area contributed by atoms with Crippen molar-refractivity contribution in [3.8, 4) is 0 Å². The van der Waals surface area contributed by atoms with Crippen molar-refractivity contribution in [1.29, 1.82) is 0 Å². The lowest BCUT2D eigenvalue weighted by Crippen LogP contribution is -2.10. The molecule has 1 radical (unpaired) electrons. The number of rotatable bonds is 12. The van der Waals surface area contributed by atoms with Crippen molar-refractivity contribution in [1.82, 2.24) is 0 Å². The van der Waals surface area contributed by atoms with Crippen LogP contribution in [0.15, 0.2) is 28.0 Å². The molecule has 0 N–H and O–H groups in total. The average Bonchev–Trinajstić information content (AvgIpc) is 2.56. The summed E-state index contributed by atoms with van der Waals surface area (Å²) in [6.45, 7) is 4.14. The highest BCUT2D eigenvalue weighted by molar-refractivity contribution is 7.92. The van der Waals surface area contributed by atoms with Crippen LogP contribution in [0.5, 0.6) is 0 Å². The Morgan fingerprint density at radius 1 is 0.708 bits per heavy atom. The molecule has 0 aliphatic carbocycles. The Bertz CT molecular complexity index is 634. The molecule has 1 rings (SSSR count). The molecule has 6 heteroatoms. The van der Waals surface area contributed by atoms with Crippen LogP contribution < -0.4 is 0 Å². The minimum absolute atomic E-state index is 0.0564. The quantitative estimate of drug-likeness (QED) is 0.515. The molecule has 0 bridgehead atoms. The molecule has 0 saturated heterocycles. The highest BCUT2D eigenvalue weighted by Crippen LogP contribution is 2.20. The molecule has 0 aromatic heterocycles. The number of unbranched alkanes of at least 4 members (excludes halogenated alkanes) is 6. The summed E-state index contributed by atoms with van der Waals surface area (Å²) < 4.78 is 49.4. The number of hydrogen-bond donors (Lipinski definition) is 0. The Labute approximate surface area is 147 Å². The Balaban J connectivity index is 2.81. The average molecular weight is 374 g/mol. The van der Waals surface area contributed by atoms with Gasteiger partial charge in [-0.05, 0) is 37.1 Å². The summed E-state index contributed by atoms with van der Waals surface area (Å²) in [5, 5.41) is 0. The van der Waals surface area contributed by atoms with Gasteiger partial charge in [-0.15, -0.1) is 0 Å². The Morgan fingerprint density at radius 2 is 1.12 bits per heavy atom. The summed E-state index contributed by atoms with van der Waals surface area (Å²) in [5.74, 6) is 0.113. The standard InChI is InChI=1S/C18H29O4S2/c1-3-5-7-9-14-23(19,20)17-12-11-13-18(16-17)24(21,22)15-10-8-6-4-2/h12-13,16H,3-10,14-15H2,1-2H3. The van der Waals surface area contributed by atoms with E-state index in [1.165, 1.54) is 18.2 Å². The lowest BCUT2D eigenvalue weighted by atomic mass is 10.2. The van der Waals surface area contributed by atoms with E-state index in [2.05, 4.69) is 19.9 Å². The summed E-state index contributed by atoms with van der Waals surface area (Å²) in [6, 6.07) is 6.71. The van der Waals surface area contributed by atoms with E-state index in [1.807, 2.05) is 0 Å². The van der Waals surface area contributed by atoms with Crippen LogP contribution in [0.25, 0.3) is 0 Å². The van der Waals surface area contributed by atoms with Crippen LogP contribution in [0.2, 0.25) is 0 Å². The van der Waals surface area contributed by atoms with Crippen LogP contribution in [0.4, 0.5) is 0 Å². The molecule has 0 unspecified atom stereocenters. The molecular formula is C18H29O4S2. The predicted molar refractivity (Wildman–Crippen MR) is 97.7 cm³/mol. The van der Waals surface area contributed by atoms with Gasteiger partial charge in [0.05, 0.1) is 21.3 Å². The topological polar surface area (TPSA) is 68.3 Å². The third-order valence-electron chi connectivity index (χ3n) is 3.99. The fraction of sp³-hybridized carbons (Fsp3) is 0.667. The van der Waals surface area contributed by atoms with Gasteiger partial charge in [0, 0.05) is 0 Å². The Morgan fingerprint density at radius 3 is 1.50 bits per heavy atom. The zero-order valence-corrected chi connectivity index (χ0v) is 16.4. The number of benzene rings is 1. The number of hydrogen-bond acceptors (Lipinski definition) is 4. The van der Waals surface area contributed by atoms with Crippen LogP contribution in [-0.2, 0) is 19.7 Å². The molecule has 0 fully saturated rings. The van der Waals surface area contributed by atoms with Gasteiger partial charge >= 0.3 is 0 Å². The largest absolute Gasteiger partial charge is 0.224 e. The molecule has 0 saturated carbocycles. The second-order valence-electron chi connectivity index (χ2n) is 6.16. The number of sulfone groups is 2. The zero-order valence-electron chi connectivity index (χ0n) is 14.8. The lowest BCUT2D eigenvalue weighted by molar-refractivity contribution is 0.587. The van der Waals surface area contributed by atoms with Gasteiger partial charge in [0.25, 0.3) is 0 Å². The van der Waals surface area contributed by atoms with E-state index in [-0.39, 0.29) is 21.3 Å². The van der Waals surface area contributed by atoms with Crippen LogP contribution >= 0.6 is 0 Å². The van der Waals surface area contributed by atoms with Crippen molar-refractivity contribution in [2.75, 3.05) is 11.5 Å². The van der Waals surface area contributed by atoms with E-state index >= 15 is 0 Å². The molecule has 137 valence electrons. The molecule has 0 heterocycles. The van der Waals surface area contributed by atoms with E-state index < -0.39 is 19.7 Å². The van der Waals surface area contributed by atoms with Crippen LogP contribution in [0.1, 0.15) is 65.2 Å². The highest BCUT2D eigenvalue weighted by Gasteiger charge is 2.19. The summed E-state index contributed by atoms with van der Waals surface area (Å²) in [5.41, 5.74) is 0. The summed E-state index contributed by atoms with van der Waals surface area (Å²) >= 11 is 0. The molecule has 0 spiro atoms. The monoisotopic (exact) mass is 373 g/mol. The minimum Gasteiger partial charge on any atom is -0.224 e. The van der Waals surface area contributed by atoms with Crippen molar-refractivity contribution in [2.24, 2.45) is 0 Å². The molecule has 0 aliphatic rings. The van der Waals surface area contributed by atoms with Crippen LogP contribution in [0, 0.1) is 6.07 Å². The van der Waals surface area contributed by atoms with E-state index in [4.69, 9.17) is 0 Å². The van der Waals surface area contributed by atoms with Crippen molar-refractivity contribution in [3.63, 3.8) is 0 Å². The molecule has 1 aromatic rings. The van der Waals surface area contributed by atoms with Gasteiger partial charge in [-0.25, -0.2) is 16.8 Å². The molecular weight excluding hydrogens is 344 g/mol. The summed E-state index contributed by atoms with van der Waals surface area (Å²) in [6.07, 6.45) is 7.04. The van der Waals surface area contributed by atoms with Crippen molar-refractivity contribution in [3.05, 3.63) is 24.3 Å². The van der Waals surface area contributed by atoms with Crippen molar-refractivity contribution < 1.29 is 16.8 Å². The summed E-state index contributed by atoms with van der Waals surface area (Å²) in [7, 11) is -6.90. The first kappa shape index (κ1) is 21.2. The van der Waals surface area contributed by atoms with Crippen LogP contribution in [0.3, 0.4) is 0 Å². The third kappa shape index (κ3) is 6.93. The Hall–Kier alpha value is -0.880. The lowest BCUT2D eigenvalue weighted by Gasteiger charge is -2.08. The molecule has 0 amide bonds. The van der Waals surface area contributed by atoms with Gasteiger partial charge in [0.15, 0.2) is 19.7 Å². The maximum atomic E-state index is 12.4. The SMILES string of the molecule is CCCCCCS(=O)(=O)c1c[c]cc(S(=O)(=O)CCCCCC)c1. The minimum atomic E-state index is -3.45. The van der Waals surface area contributed by atoms with Gasteiger partial charge in [-0.1, -0.05) is 52.4 Å². The molecule has 1 aromatic carbocycles. The maximum absolute atomic E-state index is 12.4. The first-order valence-corrected chi connectivity index (χ1v) is 12.1. The van der Waals surface area contributed by atoms with Gasteiger partial charge in [-0.2, -0.15) is 0 Å². The van der Waals surface area contributed by atoms with E-state index in [1.54, 1.807) is 0 Å². The summed E-state index contributed by atoms with van der Waals surface area (Å²) in [4.78, 5) is 0.127. The van der Waals surface area contributed by atoms with Crippen molar-refractivity contribution in [2.45, 2.75) is 75.0 Å². The van der Waals surface area contributed by atoms with Gasteiger partial charge in [-0.3, -0.25) is 0 Å². The highest BCUT2D eigenvalue weighted by atomic mass is 32.2. The van der Waals surface area contributed by atoms with E-state index in [9.17, 15) is 16.8 Å². The predicted octanol–water partition coefficient (Wildman–Crippen LogP) is 4.19. The molecule has 4 nitrogen and oxygen atoms in total. The smallest absolute Gasteiger partial charge is 0.178 e. The zero-order chi connectivity index (χ0) is 18.1. The second kappa shape index (κ2) is 10.2. The molecule has 0 aliphatic heterocycles. The second-order valence-corrected chi connectivity index (χ2v) is 10.4.